The summed E-state index contributed by atoms with van der Waals surface area (Å²) in [6, 6.07) is 8.71. The van der Waals surface area contributed by atoms with E-state index >= 15 is 0 Å². The van der Waals surface area contributed by atoms with Crippen molar-refractivity contribution in [3.05, 3.63) is 66.4 Å². The molecule has 4 aromatic rings. The van der Waals surface area contributed by atoms with Gasteiger partial charge in [-0.1, -0.05) is 6.07 Å². The molecule has 0 aliphatic rings. The molecule has 0 saturated carbocycles. The van der Waals surface area contributed by atoms with Crippen molar-refractivity contribution >= 4 is 11.1 Å². The van der Waals surface area contributed by atoms with E-state index in [4.69, 9.17) is 4.42 Å². The van der Waals surface area contributed by atoms with E-state index in [1.165, 1.54) is 6.07 Å². The van der Waals surface area contributed by atoms with Crippen molar-refractivity contribution in [2.75, 3.05) is 0 Å². The fourth-order valence-electron chi connectivity index (χ4n) is 2.53. The molecule has 0 N–H and O–H groups in total. The highest BCUT2D eigenvalue weighted by Crippen LogP contribution is 2.31. The molecule has 0 amide bonds. The van der Waals surface area contributed by atoms with Crippen LogP contribution in [0.25, 0.3) is 22.6 Å². The topological polar surface area (TPSA) is 56.7 Å². The molecule has 3 heterocycles. The van der Waals surface area contributed by atoms with E-state index in [1.54, 1.807) is 29.2 Å². The molecule has 0 radical (unpaired) electrons. The van der Waals surface area contributed by atoms with Gasteiger partial charge >= 0.3 is 6.18 Å². The maximum absolute atomic E-state index is 12.8. The van der Waals surface area contributed by atoms with E-state index in [1.807, 2.05) is 12.1 Å². The van der Waals surface area contributed by atoms with Gasteiger partial charge in [0.25, 0.3) is 0 Å². The van der Waals surface area contributed by atoms with Crippen molar-refractivity contribution in [3.63, 3.8) is 0 Å². The molecule has 8 heteroatoms. The highest BCUT2D eigenvalue weighted by molar-refractivity contribution is 5.73. The number of benzene rings is 1. The number of alkyl halides is 3. The van der Waals surface area contributed by atoms with Gasteiger partial charge in [-0.3, -0.25) is 4.98 Å². The lowest BCUT2D eigenvalue weighted by Crippen LogP contribution is -2.04. The molecule has 0 aliphatic heterocycles. The summed E-state index contributed by atoms with van der Waals surface area (Å²) >= 11 is 0. The van der Waals surface area contributed by atoms with Crippen LogP contribution in [0.3, 0.4) is 0 Å². The van der Waals surface area contributed by atoms with Crippen LogP contribution < -0.4 is 0 Å². The summed E-state index contributed by atoms with van der Waals surface area (Å²) in [5.74, 6) is 0.920. The van der Waals surface area contributed by atoms with E-state index in [9.17, 15) is 13.2 Å². The highest BCUT2D eigenvalue weighted by atomic mass is 19.4. The third kappa shape index (κ3) is 2.98. The highest BCUT2D eigenvalue weighted by Gasteiger charge is 2.31. The lowest BCUT2D eigenvalue weighted by molar-refractivity contribution is -0.137. The lowest BCUT2D eigenvalue weighted by Gasteiger charge is -2.04. The Morgan fingerprint density at radius 3 is 2.68 bits per heavy atom. The minimum atomic E-state index is -4.41. The zero-order valence-corrected chi connectivity index (χ0v) is 12.7. The number of pyridine rings is 1. The van der Waals surface area contributed by atoms with E-state index < -0.39 is 11.7 Å². The van der Waals surface area contributed by atoms with E-state index in [0.29, 0.717) is 23.0 Å². The molecule has 126 valence electrons. The quantitative estimate of drug-likeness (QED) is 0.560. The number of halogens is 3. The summed E-state index contributed by atoms with van der Waals surface area (Å²) < 4.78 is 45.7. The fourth-order valence-corrected chi connectivity index (χ4v) is 2.53. The maximum atomic E-state index is 12.8. The number of imidazole rings is 1. The smallest absolute Gasteiger partial charge is 0.416 e. The van der Waals surface area contributed by atoms with Gasteiger partial charge in [-0.15, -0.1) is 0 Å². The minimum Gasteiger partial charge on any atom is -0.439 e. The normalized spacial score (nSPS) is 12.0. The Labute approximate surface area is 139 Å². The molecule has 3 aromatic heterocycles. The Morgan fingerprint density at radius 2 is 1.92 bits per heavy atom. The summed E-state index contributed by atoms with van der Waals surface area (Å²) in [7, 11) is 0. The molecule has 0 fully saturated rings. The first-order valence-corrected chi connectivity index (χ1v) is 7.40. The van der Waals surface area contributed by atoms with Gasteiger partial charge in [0.15, 0.2) is 11.4 Å². The standard InChI is InChI=1S/C17H11F3N4O/c18-17(19,20)11-4-5-14-13(9-11)23-15(25-14)10-24-8-7-22-16(24)12-3-1-2-6-21-12/h1-9H,10H2. The summed E-state index contributed by atoms with van der Waals surface area (Å²) in [5, 5.41) is 0. The predicted octanol–water partition coefficient (Wildman–Crippen LogP) is 4.15. The Balaban J connectivity index is 1.67. The molecule has 25 heavy (non-hydrogen) atoms. The third-order valence-corrected chi connectivity index (χ3v) is 3.67. The Hall–Kier alpha value is -3.16. The van der Waals surface area contributed by atoms with Gasteiger partial charge in [-0.2, -0.15) is 13.2 Å². The van der Waals surface area contributed by atoms with Crippen LogP contribution in [0.2, 0.25) is 0 Å². The van der Waals surface area contributed by atoms with Crippen LogP contribution in [0.15, 0.2) is 59.4 Å². The van der Waals surface area contributed by atoms with Crippen molar-refractivity contribution in [1.82, 2.24) is 19.5 Å². The van der Waals surface area contributed by atoms with Crippen LogP contribution in [-0.4, -0.2) is 19.5 Å². The second kappa shape index (κ2) is 5.73. The van der Waals surface area contributed by atoms with Crippen LogP contribution in [-0.2, 0) is 12.7 Å². The van der Waals surface area contributed by atoms with Crippen LogP contribution in [0, 0.1) is 0 Å². The Kier molecular flexibility index (Phi) is 3.52. The molecular formula is C17H11F3N4O. The van der Waals surface area contributed by atoms with Gasteiger partial charge in [-0.05, 0) is 30.3 Å². The summed E-state index contributed by atoms with van der Waals surface area (Å²) in [6.45, 7) is 0.238. The van der Waals surface area contributed by atoms with Crippen molar-refractivity contribution in [2.24, 2.45) is 0 Å². The number of hydrogen-bond acceptors (Lipinski definition) is 4. The van der Waals surface area contributed by atoms with Crippen LogP contribution in [0.5, 0.6) is 0 Å². The monoisotopic (exact) mass is 344 g/mol. The molecule has 0 bridgehead atoms. The number of rotatable bonds is 3. The Morgan fingerprint density at radius 1 is 1.04 bits per heavy atom. The first-order valence-electron chi connectivity index (χ1n) is 7.40. The van der Waals surface area contributed by atoms with E-state index in [2.05, 4.69) is 15.0 Å². The van der Waals surface area contributed by atoms with Crippen LogP contribution in [0.4, 0.5) is 13.2 Å². The van der Waals surface area contributed by atoms with Gasteiger partial charge in [0.1, 0.15) is 17.8 Å². The maximum Gasteiger partial charge on any atom is 0.416 e. The summed E-state index contributed by atoms with van der Waals surface area (Å²) in [4.78, 5) is 12.7. The average molecular weight is 344 g/mol. The van der Waals surface area contributed by atoms with E-state index in [0.717, 1.165) is 12.1 Å². The van der Waals surface area contributed by atoms with Crippen molar-refractivity contribution in [3.8, 4) is 11.5 Å². The van der Waals surface area contributed by atoms with Gasteiger partial charge < -0.3 is 8.98 Å². The lowest BCUT2D eigenvalue weighted by atomic mass is 10.2. The van der Waals surface area contributed by atoms with Gasteiger partial charge in [0, 0.05) is 18.6 Å². The largest absolute Gasteiger partial charge is 0.439 e. The van der Waals surface area contributed by atoms with Crippen molar-refractivity contribution in [2.45, 2.75) is 12.7 Å². The second-order valence-electron chi connectivity index (χ2n) is 5.38. The average Bonchev–Trinajstić information content (AvgIpc) is 3.20. The number of hydrogen-bond donors (Lipinski definition) is 0. The second-order valence-corrected chi connectivity index (χ2v) is 5.38. The molecule has 0 unspecified atom stereocenters. The first-order chi connectivity index (χ1) is 12.0. The molecule has 0 aliphatic carbocycles. The molecule has 0 saturated heterocycles. The molecular weight excluding hydrogens is 333 g/mol. The summed E-state index contributed by atoms with van der Waals surface area (Å²) in [5.41, 5.74) is 0.409. The first kappa shape index (κ1) is 15.4. The SMILES string of the molecule is FC(F)(F)c1ccc2oc(Cn3ccnc3-c3ccccn3)nc2c1. The number of nitrogens with zero attached hydrogens (tertiary/aromatic N) is 4. The van der Waals surface area contributed by atoms with E-state index in [-0.39, 0.29) is 12.1 Å². The van der Waals surface area contributed by atoms with Gasteiger partial charge in [0.05, 0.1) is 5.56 Å². The Bertz CT molecular complexity index is 1020. The predicted molar refractivity (Wildman–Crippen MR) is 83.6 cm³/mol. The molecule has 5 nitrogen and oxygen atoms in total. The zero-order chi connectivity index (χ0) is 17.4. The van der Waals surface area contributed by atoms with Crippen LogP contribution in [0.1, 0.15) is 11.5 Å². The minimum absolute atomic E-state index is 0.171. The van der Waals surface area contributed by atoms with Gasteiger partial charge in [-0.25, -0.2) is 9.97 Å². The van der Waals surface area contributed by atoms with Crippen LogP contribution >= 0.6 is 0 Å². The third-order valence-electron chi connectivity index (χ3n) is 3.67. The number of oxazole rings is 1. The van der Waals surface area contributed by atoms with Crippen molar-refractivity contribution < 1.29 is 17.6 Å². The molecule has 1 aromatic carbocycles. The molecule has 4 rings (SSSR count). The van der Waals surface area contributed by atoms with Gasteiger partial charge in [0.2, 0.25) is 5.89 Å². The fraction of sp³-hybridized carbons (Fsp3) is 0.118. The molecule has 0 spiro atoms. The molecule has 0 atom stereocenters. The number of aromatic nitrogens is 4. The number of fused-ring (bicyclic) bond motifs is 1. The summed E-state index contributed by atoms with van der Waals surface area (Å²) in [6.07, 6.45) is 0.602. The van der Waals surface area contributed by atoms with Crippen molar-refractivity contribution in [1.29, 1.82) is 0 Å². The zero-order valence-electron chi connectivity index (χ0n) is 12.7.